The van der Waals surface area contributed by atoms with E-state index >= 15 is 0 Å². The van der Waals surface area contributed by atoms with Crippen molar-refractivity contribution >= 4 is 27.8 Å². The van der Waals surface area contributed by atoms with Crippen molar-refractivity contribution in [1.29, 1.82) is 0 Å². The zero-order chi connectivity index (χ0) is 19.4. The molecule has 1 aliphatic rings. The van der Waals surface area contributed by atoms with Crippen molar-refractivity contribution in [3.05, 3.63) is 47.1 Å². The number of methoxy groups -OCH3 is 2. The fourth-order valence-electron chi connectivity index (χ4n) is 3.31. The van der Waals surface area contributed by atoms with Crippen LogP contribution in [0.25, 0.3) is 0 Å². The normalized spacial score (nSPS) is 16.3. The Morgan fingerprint density at radius 2 is 2.26 bits per heavy atom. The summed E-state index contributed by atoms with van der Waals surface area (Å²) in [4.78, 5) is 14.7. The molecule has 3 rings (SSSR count). The van der Waals surface area contributed by atoms with E-state index in [1.807, 2.05) is 29.3 Å². The van der Waals surface area contributed by atoms with Crippen molar-refractivity contribution < 1.29 is 14.3 Å². The molecule has 1 aromatic carbocycles. The second-order valence-electron chi connectivity index (χ2n) is 6.23. The van der Waals surface area contributed by atoms with Gasteiger partial charge in [-0.15, -0.1) is 6.58 Å². The van der Waals surface area contributed by atoms with Crippen molar-refractivity contribution in [3.63, 3.8) is 0 Å². The number of rotatable bonds is 6. The molecule has 27 heavy (non-hydrogen) atoms. The molecular formula is C19H23BrN4O3. The number of anilines is 1. The van der Waals surface area contributed by atoms with Gasteiger partial charge in [-0.2, -0.15) is 5.10 Å². The molecule has 2 heterocycles. The van der Waals surface area contributed by atoms with Crippen molar-refractivity contribution in [2.75, 3.05) is 26.1 Å². The molecule has 0 aliphatic carbocycles. The first-order valence-corrected chi connectivity index (χ1v) is 9.50. The van der Waals surface area contributed by atoms with Gasteiger partial charge in [0, 0.05) is 18.3 Å². The van der Waals surface area contributed by atoms with Crippen LogP contribution in [0.1, 0.15) is 24.4 Å². The number of carbonyl (C=O) groups excluding carboxylic acids is 1. The number of urea groups is 1. The fraction of sp³-hybridized carbons (Fsp3) is 0.368. The Morgan fingerprint density at radius 1 is 1.44 bits per heavy atom. The van der Waals surface area contributed by atoms with Gasteiger partial charge in [0.15, 0.2) is 5.82 Å². The molecule has 1 aliphatic heterocycles. The molecule has 2 aromatic rings. The number of amides is 2. The van der Waals surface area contributed by atoms with Gasteiger partial charge >= 0.3 is 6.03 Å². The lowest BCUT2D eigenvalue weighted by Gasteiger charge is -2.26. The molecule has 0 spiro atoms. The minimum Gasteiger partial charge on any atom is -0.497 e. The second kappa shape index (κ2) is 8.47. The van der Waals surface area contributed by atoms with Gasteiger partial charge in [-0.25, -0.2) is 4.79 Å². The van der Waals surface area contributed by atoms with Gasteiger partial charge in [-0.1, -0.05) is 6.08 Å². The topological polar surface area (TPSA) is 68.6 Å². The maximum Gasteiger partial charge on any atom is 0.323 e. The molecule has 2 amide bonds. The number of hydrogen-bond acceptors (Lipinski definition) is 4. The maximum absolute atomic E-state index is 12.9. The number of carbonyl (C=O) groups is 1. The van der Waals surface area contributed by atoms with Crippen molar-refractivity contribution in [1.82, 2.24) is 14.7 Å². The van der Waals surface area contributed by atoms with Gasteiger partial charge < -0.3 is 14.4 Å². The minimum atomic E-state index is -0.188. The van der Waals surface area contributed by atoms with Crippen LogP contribution < -0.4 is 14.8 Å². The molecule has 0 radical (unpaired) electrons. The summed E-state index contributed by atoms with van der Waals surface area (Å²) >= 11 is 3.44. The van der Waals surface area contributed by atoms with Crippen molar-refractivity contribution in [3.8, 4) is 11.5 Å². The number of aromatic nitrogens is 2. The highest BCUT2D eigenvalue weighted by Gasteiger charge is 2.32. The Hall–Kier alpha value is -2.48. The highest BCUT2D eigenvalue weighted by molar-refractivity contribution is 9.10. The number of halogens is 1. The van der Waals surface area contributed by atoms with E-state index in [1.165, 1.54) is 0 Å². The quantitative estimate of drug-likeness (QED) is 0.690. The predicted molar refractivity (Wildman–Crippen MR) is 107 cm³/mol. The third kappa shape index (κ3) is 4.10. The lowest BCUT2D eigenvalue weighted by atomic mass is 10.0. The zero-order valence-corrected chi connectivity index (χ0v) is 17.0. The Bertz CT molecular complexity index is 836. The number of hydrogen-bond donors (Lipinski definition) is 1. The monoisotopic (exact) mass is 434 g/mol. The summed E-state index contributed by atoms with van der Waals surface area (Å²) in [7, 11) is 3.26. The van der Waals surface area contributed by atoms with E-state index < -0.39 is 0 Å². The smallest absolute Gasteiger partial charge is 0.323 e. The Balaban J connectivity index is 1.82. The van der Waals surface area contributed by atoms with E-state index in [0.717, 1.165) is 34.4 Å². The van der Waals surface area contributed by atoms with E-state index in [9.17, 15) is 4.79 Å². The molecule has 1 atom stereocenters. The van der Waals surface area contributed by atoms with Crippen LogP contribution in [0.3, 0.4) is 0 Å². The van der Waals surface area contributed by atoms with Crippen LogP contribution in [0.15, 0.2) is 41.5 Å². The van der Waals surface area contributed by atoms with Crippen LogP contribution in [0, 0.1) is 0 Å². The average Bonchev–Trinajstić information content (AvgIpc) is 3.28. The summed E-state index contributed by atoms with van der Waals surface area (Å²) < 4.78 is 13.3. The minimum absolute atomic E-state index is 0.0795. The molecule has 0 unspecified atom stereocenters. The first kappa shape index (κ1) is 19.3. The molecule has 7 nitrogen and oxygen atoms in total. The van der Waals surface area contributed by atoms with Crippen LogP contribution in [0.5, 0.6) is 11.5 Å². The van der Waals surface area contributed by atoms with Crippen LogP contribution in [-0.4, -0.2) is 41.5 Å². The molecule has 8 heteroatoms. The third-order valence-electron chi connectivity index (χ3n) is 4.57. The number of nitrogens with one attached hydrogen (secondary N) is 1. The van der Waals surface area contributed by atoms with Gasteiger partial charge in [0.25, 0.3) is 0 Å². The number of ether oxygens (including phenoxy) is 2. The van der Waals surface area contributed by atoms with Crippen LogP contribution >= 0.6 is 15.9 Å². The summed E-state index contributed by atoms with van der Waals surface area (Å²) in [5, 5.41) is 7.26. The number of allylic oxidation sites excluding steroid dienone is 1. The Morgan fingerprint density at radius 3 is 2.96 bits per heavy atom. The Kier molecular flexibility index (Phi) is 6.05. The molecule has 144 valence electrons. The van der Waals surface area contributed by atoms with E-state index in [2.05, 4.69) is 32.9 Å². The first-order chi connectivity index (χ1) is 13.1. The molecule has 0 saturated carbocycles. The van der Waals surface area contributed by atoms with E-state index in [1.54, 1.807) is 25.0 Å². The second-order valence-corrected chi connectivity index (χ2v) is 7.08. The molecule has 1 aromatic heterocycles. The molecule has 0 bridgehead atoms. The maximum atomic E-state index is 12.9. The summed E-state index contributed by atoms with van der Waals surface area (Å²) in [5.41, 5.74) is 0.945. The van der Waals surface area contributed by atoms with Crippen molar-refractivity contribution in [2.24, 2.45) is 0 Å². The zero-order valence-electron chi connectivity index (χ0n) is 15.4. The standard InChI is InChI=1S/C19H23BrN4O3/c1-4-9-23-12-15(20)18(22-23)21-19(25)24-10-5-6-16(24)14-11-13(26-2)7-8-17(14)27-3/h4,7-8,11-12,16H,1,5-6,9-10H2,2-3H3,(H,21,22,25)/t16-/m0/s1. The summed E-state index contributed by atoms with van der Waals surface area (Å²) in [6, 6.07) is 5.39. The van der Waals surface area contributed by atoms with E-state index in [0.29, 0.717) is 18.9 Å². The number of likely N-dealkylation sites (tertiary alicyclic amines) is 1. The summed E-state index contributed by atoms with van der Waals surface area (Å²) in [6.07, 6.45) is 5.34. The molecular weight excluding hydrogens is 412 g/mol. The average molecular weight is 435 g/mol. The molecule has 1 N–H and O–H groups in total. The fourth-order valence-corrected chi connectivity index (χ4v) is 3.73. The third-order valence-corrected chi connectivity index (χ3v) is 5.15. The van der Waals surface area contributed by atoms with Crippen LogP contribution in [0.4, 0.5) is 10.6 Å². The highest BCUT2D eigenvalue weighted by atomic mass is 79.9. The highest BCUT2D eigenvalue weighted by Crippen LogP contribution is 2.39. The molecule has 1 saturated heterocycles. The summed E-state index contributed by atoms with van der Waals surface area (Å²) in [5.74, 6) is 1.98. The van der Waals surface area contributed by atoms with Crippen molar-refractivity contribution in [2.45, 2.75) is 25.4 Å². The summed E-state index contributed by atoms with van der Waals surface area (Å²) in [6.45, 7) is 4.94. The van der Waals surface area contributed by atoms with Gasteiger partial charge in [0.2, 0.25) is 0 Å². The largest absolute Gasteiger partial charge is 0.497 e. The van der Waals surface area contributed by atoms with Crippen LogP contribution in [-0.2, 0) is 6.54 Å². The Labute approximate surface area is 167 Å². The SMILES string of the molecule is C=CCn1cc(Br)c(NC(=O)N2CCC[C@H]2c2cc(OC)ccc2OC)n1. The number of benzene rings is 1. The molecule has 1 fully saturated rings. The van der Waals surface area contributed by atoms with E-state index in [4.69, 9.17) is 9.47 Å². The predicted octanol–water partition coefficient (Wildman–Crippen LogP) is 4.22. The first-order valence-electron chi connectivity index (χ1n) is 8.70. The lowest BCUT2D eigenvalue weighted by molar-refractivity contribution is 0.206. The van der Waals surface area contributed by atoms with E-state index in [-0.39, 0.29) is 12.1 Å². The van der Waals surface area contributed by atoms with Gasteiger partial charge in [0.1, 0.15) is 11.5 Å². The van der Waals surface area contributed by atoms with Gasteiger partial charge in [-0.05, 0) is 47.0 Å². The lowest BCUT2D eigenvalue weighted by Crippen LogP contribution is -2.34. The van der Waals surface area contributed by atoms with Gasteiger partial charge in [0.05, 0.1) is 31.3 Å². The van der Waals surface area contributed by atoms with Crippen LogP contribution in [0.2, 0.25) is 0 Å². The number of nitrogens with zero attached hydrogens (tertiary/aromatic N) is 3. The van der Waals surface area contributed by atoms with Gasteiger partial charge in [-0.3, -0.25) is 10.00 Å².